The lowest BCUT2D eigenvalue weighted by atomic mass is 10.1. The third-order valence-corrected chi connectivity index (χ3v) is 7.72. The quantitative estimate of drug-likeness (QED) is 0.208. The molecule has 1 amide bonds. The van der Waals surface area contributed by atoms with Gasteiger partial charge in [0.15, 0.2) is 11.0 Å². The smallest absolute Gasteiger partial charge is 0.348 e. The molecule has 2 aromatic heterocycles. The SMILES string of the molecule is CCOC(=O)c1sc(NC(=O)CSc2nnc(COc3ccc(Cl)cc3Cl)n2CC)c(C(=O)OCC)c1C. The van der Waals surface area contributed by atoms with E-state index < -0.39 is 17.8 Å². The Hall–Kier alpha value is -2.80. The van der Waals surface area contributed by atoms with Crippen molar-refractivity contribution in [2.75, 3.05) is 24.3 Å². The molecule has 3 aromatic rings. The van der Waals surface area contributed by atoms with Gasteiger partial charge in [0.1, 0.15) is 22.2 Å². The van der Waals surface area contributed by atoms with Gasteiger partial charge in [-0.25, -0.2) is 9.59 Å². The lowest BCUT2D eigenvalue weighted by Crippen LogP contribution is -2.17. The van der Waals surface area contributed by atoms with Crippen LogP contribution in [0.2, 0.25) is 10.0 Å². The van der Waals surface area contributed by atoms with E-state index in [9.17, 15) is 14.4 Å². The molecule has 1 aromatic carbocycles. The van der Waals surface area contributed by atoms with Gasteiger partial charge >= 0.3 is 11.9 Å². The molecule has 0 atom stereocenters. The zero-order chi connectivity index (χ0) is 27.8. The molecule has 10 nitrogen and oxygen atoms in total. The second-order valence-electron chi connectivity index (χ2n) is 7.54. The van der Waals surface area contributed by atoms with Crippen molar-refractivity contribution >= 4 is 69.1 Å². The first-order valence-electron chi connectivity index (χ1n) is 11.6. The van der Waals surface area contributed by atoms with Gasteiger partial charge in [0.05, 0.1) is 29.6 Å². The molecule has 14 heteroatoms. The Balaban J connectivity index is 1.70. The highest BCUT2D eigenvalue weighted by molar-refractivity contribution is 7.99. The number of benzene rings is 1. The van der Waals surface area contributed by atoms with Crippen LogP contribution < -0.4 is 10.1 Å². The van der Waals surface area contributed by atoms with Crippen molar-refractivity contribution in [1.29, 1.82) is 0 Å². The van der Waals surface area contributed by atoms with Crippen LogP contribution in [0.15, 0.2) is 23.4 Å². The van der Waals surface area contributed by atoms with Gasteiger partial charge in [-0.1, -0.05) is 35.0 Å². The summed E-state index contributed by atoms with van der Waals surface area (Å²) in [7, 11) is 0. The number of ether oxygens (including phenoxy) is 3. The van der Waals surface area contributed by atoms with Gasteiger partial charge in [0.25, 0.3) is 0 Å². The molecule has 2 heterocycles. The molecule has 0 aliphatic rings. The lowest BCUT2D eigenvalue weighted by molar-refractivity contribution is -0.113. The molecule has 0 spiro atoms. The first kappa shape index (κ1) is 29.8. The summed E-state index contributed by atoms with van der Waals surface area (Å²) in [5.74, 6) is -0.596. The molecule has 3 rings (SSSR count). The van der Waals surface area contributed by atoms with Crippen LogP contribution >= 0.6 is 46.3 Å². The van der Waals surface area contributed by atoms with E-state index in [0.717, 1.165) is 11.3 Å². The van der Waals surface area contributed by atoms with Crippen LogP contribution in [-0.2, 0) is 27.4 Å². The second kappa shape index (κ2) is 13.8. The number of nitrogens with one attached hydrogen (secondary N) is 1. The number of rotatable bonds is 12. The van der Waals surface area contributed by atoms with Crippen molar-refractivity contribution in [3.05, 3.63) is 50.1 Å². The highest BCUT2D eigenvalue weighted by Crippen LogP contribution is 2.35. The number of hydrogen-bond acceptors (Lipinski definition) is 10. The van der Waals surface area contributed by atoms with Gasteiger partial charge in [-0.15, -0.1) is 21.5 Å². The number of aromatic nitrogens is 3. The van der Waals surface area contributed by atoms with Gasteiger partial charge in [-0.05, 0) is 51.5 Å². The average Bonchev–Trinajstić information content (AvgIpc) is 3.42. The number of halogens is 2. The summed E-state index contributed by atoms with van der Waals surface area (Å²) < 4.78 is 17.8. The van der Waals surface area contributed by atoms with E-state index in [4.69, 9.17) is 37.4 Å². The van der Waals surface area contributed by atoms with Crippen molar-refractivity contribution in [3.63, 3.8) is 0 Å². The fourth-order valence-corrected chi connectivity index (χ4v) is 5.71. The summed E-state index contributed by atoms with van der Waals surface area (Å²) in [6.07, 6.45) is 0. The summed E-state index contributed by atoms with van der Waals surface area (Å²) in [6, 6.07) is 4.92. The number of carbonyl (C=O) groups excluding carboxylic acids is 3. The third kappa shape index (κ3) is 7.19. The summed E-state index contributed by atoms with van der Waals surface area (Å²) in [6.45, 7) is 7.89. The first-order valence-corrected chi connectivity index (χ1v) is 14.2. The number of hydrogen-bond donors (Lipinski definition) is 1. The van der Waals surface area contributed by atoms with Crippen molar-refractivity contribution < 1.29 is 28.6 Å². The predicted octanol–water partition coefficient (Wildman–Crippen LogP) is 5.64. The third-order valence-electron chi connectivity index (χ3n) is 5.03. The molecule has 38 heavy (non-hydrogen) atoms. The van der Waals surface area contributed by atoms with Crippen LogP contribution in [-0.4, -0.2) is 51.6 Å². The molecule has 0 bridgehead atoms. The van der Waals surface area contributed by atoms with E-state index >= 15 is 0 Å². The summed E-state index contributed by atoms with van der Waals surface area (Å²) in [5.41, 5.74) is 0.529. The maximum absolute atomic E-state index is 12.8. The highest BCUT2D eigenvalue weighted by atomic mass is 35.5. The molecule has 0 aliphatic carbocycles. The monoisotopic (exact) mass is 600 g/mol. The Kier molecular flexibility index (Phi) is 10.8. The van der Waals surface area contributed by atoms with E-state index in [1.54, 1.807) is 39.0 Å². The Morgan fingerprint density at radius 1 is 1.08 bits per heavy atom. The maximum Gasteiger partial charge on any atom is 0.348 e. The molecule has 0 saturated heterocycles. The maximum atomic E-state index is 12.8. The fourth-order valence-electron chi connectivity index (χ4n) is 3.32. The number of nitrogens with zero attached hydrogens (tertiary/aromatic N) is 3. The Morgan fingerprint density at radius 3 is 2.45 bits per heavy atom. The number of amides is 1. The molecule has 204 valence electrons. The van der Waals surface area contributed by atoms with E-state index in [1.165, 1.54) is 11.8 Å². The van der Waals surface area contributed by atoms with E-state index in [-0.39, 0.29) is 41.0 Å². The minimum atomic E-state index is -0.629. The van der Waals surface area contributed by atoms with E-state index in [1.807, 2.05) is 11.5 Å². The minimum absolute atomic E-state index is 0.0179. The average molecular weight is 602 g/mol. The van der Waals surface area contributed by atoms with Crippen LogP contribution in [0.25, 0.3) is 0 Å². The molecular weight excluding hydrogens is 575 g/mol. The zero-order valence-electron chi connectivity index (χ0n) is 21.1. The Morgan fingerprint density at radius 2 is 1.79 bits per heavy atom. The number of thiophene rings is 1. The topological polar surface area (TPSA) is 122 Å². The summed E-state index contributed by atoms with van der Waals surface area (Å²) >= 11 is 14.2. The normalized spacial score (nSPS) is 10.8. The Labute approximate surface area is 237 Å². The molecule has 0 saturated carbocycles. The van der Waals surface area contributed by atoms with Gasteiger partial charge in [0.2, 0.25) is 5.91 Å². The van der Waals surface area contributed by atoms with Gasteiger partial charge in [0, 0.05) is 11.6 Å². The van der Waals surface area contributed by atoms with Crippen LogP contribution in [0.3, 0.4) is 0 Å². The fraction of sp³-hybridized carbons (Fsp3) is 0.375. The van der Waals surface area contributed by atoms with Crippen LogP contribution in [0.4, 0.5) is 5.00 Å². The standard InChI is InChI=1S/C24H26Cl2N4O6S2/c1-5-30-17(11-36-16-9-8-14(25)10-15(16)26)28-29-24(30)37-12-18(31)27-21-19(22(32)34-6-2)13(4)20(38-21)23(33)35-7-3/h8-10H,5-7,11-12H2,1-4H3,(H,27,31). The number of anilines is 1. The van der Waals surface area contributed by atoms with Gasteiger partial charge in [-0.3, -0.25) is 4.79 Å². The minimum Gasteiger partial charge on any atom is -0.484 e. The summed E-state index contributed by atoms with van der Waals surface area (Å²) in [4.78, 5) is 37.9. The molecule has 0 aliphatic heterocycles. The molecular formula is C24H26Cl2N4O6S2. The largest absolute Gasteiger partial charge is 0.484 e. The lowest BCUT2D eigenvalue weighted by Gasteiger charge is -2.10. The Bertz CT molecular complexity index is 1330. The van der Waals surface area contributed by atoms with E-state index in [2.05, 4.69) is 15.5 Å². The van der Waals surface area contributed by atoms with Crippen LogP contribution in [0, 0.1) is 6.92 Å². The van der Waals surface area contributed by atoms with Gasteiger partial charge < -0.3 is 24.1 Å². The van der Waals surface area contributed by atoms with Crippen molar-refractivity contribution in [3.8, 4) is 5.75 Å². The van der Waals surface area contributed by atoms with E-state index in [0.29, 0.717) is 38.9 Å². The van der Waals surface area contributed by atoms with Crippen molar-refractivity contribution in [2.24, 2.45) is 0 Å². The molecule has 1 N–H and O–H groups in total. The number of thioether (sulfide) groups is 1. The van der Waals surface area contributed by atoms with Gasteiger partial charge in [-0.2, -0.15) is 0 Å². The molecule has 0 fully saturated rings. The van der Waals surface area contributed by atoms with Crippen molar-refractivity contribution in [1.82, 2.24) is 14.8 Å². The van der Waals surface area contributed by atoms with Crippen LogP contribution in [0.5, 0.6) is 5.75 Å². The van der Waals surface area contributed by atoms with Crippen molar-refractivity contribution in [2.45, 2.75) is 46.0 Å². The molecule has 0 unspecified atom stereocenters. The zero-order valence-corrected chi connectivity index (χ0v) is 24.3. The predicted molar refractivity (Wildman–Crippen MR) is 147 cm³/mol. The highest BCUT2D eigenvalue weighted by Gasteiger charge is 2.27. The number of esters is 2. The number of carbonyl (C=O) groups is 3. The van der Waals surface area contributed by atoms with Crippen LogP contribution in [0.1, 0.15) is 52.2 Å². The molecule has 0 radical (unpaired) electrons. The summed E-state index contributed by atoms with van der Waals surface area (Å²) in [5, 5.41) is 12.7. The second-order valence-corrected chi connectivity index (χ2v) is 10.4. The first-order chi connectivity index (χ1) is 18.2.